The molecule has 0 aromatic heterocycles. The van der Waals surface area contributed by atoms with Gasteiger partial charge in [-0.15, -0.1) is 0 Å². The van der Waals surface area contributed by atoms with E-state index in [1.165, 1.54) is 24.6 Å². The molecule has 3 aromatic carbocycles. The molecule has 0 bridgehead atoms. The van der Waals surface area contributed by atoms with Gasteiger partial charge in [-0.1, -0.05) is 35.3 Å². The second kappa shape index (κ2) is 8.04. The van der Waals surface area contributed by atoms with Crippen LogP contribution in [0.5, 0.6) is 11.5 Å². The lowest BCUT2D eigenvalue weighted by atomic mass is 10.2. The van der Waals surface area contributed by atoms with Crippen molar-refractivity contribution in [3.63, 3.8) is 0 Å². The summed E-state index contributed by atoms with van der Waals surface area (Å²) in [6.45, 7) is 0. The van der Waals surface area contributed by atoms with Crippen LogP contribution in [-0.2, 0) is 0 Å². The number of rotatable bonds is 4. The molecule has 130 valence electrons. The normalized spacial score (nSPS) is 11.5. The molecular weight excluding hydrogens is 371 g/mol. The van der Waals surface area contributed by atoms with Crippen LogP contribution in [0.15, 0.2) is 70.6 Å². The average Bonchev–Trinajstić information content (AvgIpc) is 2.64. The lowest BCUT2D eigenvalue weighted by Gasteiger charge is -2.02. The first-order valence-electron chi connectivity index (χ1n) is 7.67. The van der Waals surface area contributed by atoms with Gasteiger partial charge in [0, 0.05) is 33.6 Å². The molecule has 0 aliphatic rings. The van der Waals surface area contributed by atoms with E-state index < -0.39 is 0 Å². The van der Waals surface area contributed by atoms with Crippen LogP contribution in [-0.4, -0.2) is 22.6 Å². The molecule has 0 fully saturated rings. The van der Waals surface area contributed by atoms with Crippen LogP contribution in [0.1, 0.15) is 11.1 Å². The first-order chi connectivity index (χ1) is 12.5. The second-order valence-corrected chi connectivity index (χ2v) is 6.28. The summed E-state index contributed by atoms with van der Waals surface area (Å²) in [7, 11) is 0. The predicted octanol–water partition coefficient (Wildman–Crippen LogP) is 5.91. The Kier molecular flexibility index (Phi) is 5.56. The zero-order valence-electron chi connectivity index (χ0n) is 13.5. The third kappa shape index (κ3) is 4.42. The van der Waals surface area contributed by atoms with E-state index in [4.69, 9.17) is 23.2 Å². The Labute approximate surface area is 160 Å². The molecule has 0 amide bonds. The number of nitrogens with zero attached hydrogens (tertiary/aromatic N) is 2. The van der Waals surface area contributed by atoms with Gasteiger partial charge in [-0.05, 0) is 48.5 Å². The third-order valence-corrected chi connectivity index (χ3v) is 4.02. The fourth-order valence-electron chi connectivity index (χ4n) is 2.22. The number of hydrogen-bond acceptors (Lipinski definition) is 4. The van der Waals surface area contributed by atoms with E-state index in [-0.39, 0.29) is 11.5 Å². The van der Waals surface area contributed by atoms with E-state index in [0.29, 0.717) is 32.5 Å². The summed E-state index contributed by atoms with van der Waals surface area (Å²) in [6, 6.07) is 16.7. The number of aromatic hydroxyl groups is 2. The van der Waals surface area contributed by atoms with E-state index in [1.54, 1.807) is 36.4 Å². The van der Waals surface area contributed by atoms with Crippen LogP contribution >= 0.6 is 23.2 Å². The smallest absolute Gasteiger partial charge is 0.124 e. The van der Waals surface area contributed by atoms with Gasteiger partial charge in [0.2, 0.25) is 0 Å². The quantitative estimate of drug-likeness (QED) is 0.549. The maximum Gasteiger partial charge on any atom is 0.124 e. The lowest BCUT2D eigenvalue weighted by Crippen LogP contribution is -1.83. The monoisotopic (exact) mass is 384 g/mol. The lowest BCUT2D eigenvalue weighted by molar-refractivity contribution is 0.474. The molecule has 0 radical (unpaired) electrons. The minimum absolute atomic E-state index is 0.0861. The summed E-state index contributed by atoms with van der Waals surface area (Å²) >= 11 is 11.9. The van der Waals surface area contributed by atoms with Gasteiger partial charge in [-0.2, -0.15) is 0 Å². The van der Waals surface area contributed by atoms with Crippen molar-refractivity contribution >= 4 is 47.0 Å². The molecule has 0 aliphatic heterocycles. The summed E-state index contributed by atoms with van der Waals surface area (Å²) < 4.78 is 0. The van der Waals surface area contributed by atoms with E-state index in [9.17, 15) is 10.2 Å². The van der Waals surface area contributed by atoms with E-state index >= 15 is 0 Å². The number of phenols is 2. The molecule has 4 nitrogen and oxygen atoms in total. The highest BCUT2D eigenvalue weighted by molar-refractivity contribution is 6.31. The van der Waals surface area contributed by atoms with Crippen LogP contribution < -0.4 is 0 Å². The van der Waals surface area contributed by atoms with E-state index in [0.717, 1.165) is 0 Å². The van der Waals surface area contributed by atoms with Crippen LogP contribution in [0.25, 0.3) is 0 Å². The van der Waals surface area contributed by atoms with Crippen LogP contribution in [0.4, 0.5) is 11.4 Å². The summed E-state index contributed by atoms with van der Waals surface area (Å²) in [6.07, 6.45) is 3.04. The van der Waals surface area contributed by atoms with Gasteiger partial charge in [-0.25, -0.2) is 0 Å². The van der Waals surface area contributed by atoms with Crippen molar-refractivity contribution in [1.82, 2.24) is 0 Å². The molecular formula is C20H14Cl2N2O2. The van der Waals surface area contributed by atoms with Crippen molar-refractivity contribution in [3.8, 4) is 11.5 Å². The van der Waals surface area contributed by atoms with E-state index in [2.05, 4.69) is 9.98 Å². The number of phenolic OH excluding ortho intramolecular Hbond substituents is 2. The fraction of sp³-hybridized carbons (Fsp3) is 0. The Morgan fingerprint density at radius 1 is 0.654 bits per heavy atom. The molecule has 3 aromatic rings. The fourth-order valence-corrected chi connectivity index (χ4v) is 2.58. The minimum atomic E-state index is 0.0861. The highest BCUT2D eigenvalue weighted by Crippen LogP contribution is 2.29. The molecule has 0 saturated heterocycles. The Hall–Kier alpha value is -2.82. The number of hydrogen-bond donors (Lipinski definition) is 2. The molecule has 3 rings (SSSR count). The predicted molar refractivity (Wildman–Crippen MR) is 107 cm³/mol. The van der Waals surface area contributed by atoms with Gasteiger partial charge in [0.15, 0.2) is 0 Å². The van der Waals surface area contributed by atoms with Crippen molar-refractivity contribution in [3.05, 3.63) is 81.8 Å². The molecule has 6 heteroatoms. The molecule has 0 aliphatic carbocycles. The summed E-state index contributed by atoms with van der Waals surface area (Å²) in [5, 5.41) is 20.8. The van der Waals surface area contributed by atoms with Crippen molar-refractivity contribution in [2.24, 2.45) is 9.98 Å². The maximum absolute atomic E-state index is 9.87. The topological polar surface area (TPSA) is 65.2 Å². The van der Waals surface area contributed by atoms with Gasteiger partial charge in [0.05, 0.1) is 11.4 Å². The average molecular weight is 385 g/mol. The highest BCUT2D eigenvalue weighted by Gasteiger charge is 2.03. The van der Waals surface area contributed by atoms with E-state index in [1.807, 2.05) is 12.1 Å². The third-order valence-electron chi connectivity index (χ3n) is 3.55. The molecule has 26 heavy (non-hydrogen) atoms. The number of para-hydroxylation sites is 2. The minimum Gasteiger partial charge on any atom is -0.507 e. The molecule has 2 N–H and O–H groups in total. The number of aliphatic imine (C=N–C) groups is 2. The Morgan fingerprint density at radius 2 is 1.08 bits per heavy atom. The van der Waals surface area contributed by atoms with Gasteiger partial charge in [0.1, 0.15) is 11.5 Å². The zero-order valence-corrected chi connectivity index (χ0v) is 15.0. The number of halogens is 2. The van der Waals surface area contributed by atoms with Crippen molar-refractivity contribution in [1.29, 1.82) is 0 Å². The molecule has 0 atom stereocenters. The van der Waals surface area contributed by atoms with Gasteiger partial charge in [0.25, 0.3) is 0 Å². The summed E-state index contributed by atoms with van der Waals surface area (Å²) in [5.41, 5.74) is 2.21. The number of benzene rings is 3. The largest absolute Gasteiger partial charge is 0.507 e. The molecule has 0 heterocycles. The van der Waals surface area contributed by atoms with Crippen LogP contribution in [0, 0.1) is 0 Å². The van der Waals surface area contributed by atoms with Crippen molar-refractivity contribution in [2.75, 3.05) is 0 Å². The molecule has 0 unspecified atom stereocenters. The van der Waals surface area contributed by atoms with Crippen molar-refractivity contribution < 1.29 is 10.2 Å². The highest BCUT2D eigenvalue weighted by atomic mass is 35.5. The van der Waals surface area contributed by atoms with Gasteiger partial charge < -0.3 is 10.2 Å². The first kappa shape index (κ1) is 18.0. The van der Waals surface area contributed by atoms with Crippen LogP contribution in [0.2, 0.25) is 10.0 Å². The van der Waals surface area contributed by atoms with Crippen molar-refractivity contribution in [2.45, 2.75) is 0 Å². The zero-order chi connectivity index (χ0) is 18.5. The SMILES string of the molecule is Oc1ccc(Cl)cc1/C=N\c1ccccc1/N=C/c1cc(Cl)ccc1O. The Morgan fingerprint density at radius 3 is 1.50 bits per heavy atom. The standard InChI is InChI=1S/C20H14Cl2N2O2/c21-15-5-7-19(25)13(9-15)11-23-17-3-1-2-4-18(17)24-12-14-10-16(22)6-8-20(14)26/h1-12,25-26H/b23-11-,24-12+. The Bertz CT molecular complexity index is 920. The summed E-state index contributed by atoms with van der Waals surface area (Å²) in [4.78, 5) is 8.77. The first-order valence-corrected chi connectivity index (χ1v) is 8.43. The molecule has 0 spiro atoms. The Balaban J connectivity index is 1.91. The second-order valence-electron chi connectivity index (χ2n) is 5.41. The van der Waals surface area contributed by atoms with Gasteiger partial charge >= 0.3 is 0 Å². The maximum atomic E-state index is 9.87. The summed E-state index contributed by atoms with van der Waals surface area (Å²) in [5.74, 6) is 0.172. The van der Waals surface area contributed by atoms with Gasteiger partial charge in [-0.3, -0.25) is 9.98 Å². The van der Waals surface area contributed by atoms with Crippen LogP contribution in [0.3, 0.4) is 0 Å². The molecule has 0 saturated carbocycles.